The molecule has 1 fully saturated rings. The van der Waals surface area contributed by atoms with Gasteiger partial charge in [-0.3, -0.25) is 4.79 Å². The highest BCUT2D eigenvalue weighted by Gasteiger charge is 2.30. The summed E-state index contributed by atoms with van der Waals surface area (Å²) in [4.78, 5) is 19.8. The monoisotopic (exact) mass is 529 g/mol. The number of benzene rings is 3. The molecule has 0 aliphatic carbocycles. The second kappa shape index (κ2) is 11.8. The lowest BCUT2D eigenvalue weighted by molar-refractivity contribution is -0.119. The smallest absolute Gasteiger partial charge is 0.241 e. The third-order valence-electron chi connectivity index (χ3n) is 6.30. The zero-order valence-electron chi connectivity index (χ0n) is 20.1. The Balaban J connectivity index is 1.75. The Kier molecular flexibility index (Phi) is 8.74. The number of carbonyl (C=O) groups is 1. The molecule has 4 nitrogen and oxygen atoms in total. The van der Waals surface area contributed by atoms with Crippen LogP contribution >= 0.6 is 34.8 Å². The van der Waals surface area contributed by atoms with Crippen LogP contribution in [-0.2, 0) is 4.79 Å². The Hall–Kier alpha value is -2.08. The highest BCUT2D eigenvalue weighted by atomic mass is 35.5. The Morgan fingerprint density at radius 3 is 2.23 bits per heavy atom. The molecule has 0 saturated carbocycles. The van der Waals surface area contributed by atoms with Crippen molar-refractivity contribution in [1.82, 2.24) is 9.80 Å². The van der Waals surface area contributed by atoms with E-state index in [2.05, 4.69) is 29.2 Å². The van der Waals surface area contributed by atoms with Crippen molar-refractivity contribution < 1.29 is 4.79 Å². The Labute approximate surface area is 223 Å². The van der Waals surface area contributed by atoms with Gasteiger partial charge in [-0.25, -0.2) is 0 Å². The van der Waals surface area contributed by atoms with Crippen molar-refractivity contribution in [1.29, 1.82) is 0 Å². The Bertz CT molecular complexity index is 1160. The molecule has 1 saturated heterocycles. The maximum absolute atomic E-state index is 13.6. The summed E-state index contributed by atoms with van der Waals surface area (Å²) in [5.74, 6) is 0.0107. The fourth-order valence-corrected chi connectivity index (χ4v) is 5.07. The summed E-state index contributed by atoms with van der Waals surface area (Å²) < 4.78 is 0. The molecule has 1 aliphatic rings. The van der Waals surface area contributed by atoms with Gasteiger partial charge in [-0.1, -0.05) is 71.2 Å². The number of hydrogen-bond donors (Lipinski definition) is 0. The van der Waals surface area contributed by atoms with E-state index in [1.165, 1.54) is 12.8 Å². The van der Waals surface area contributed by atoms with Crippen molar-refractivity contribution in [2.75, 3.05) is 45.2 Å². The van der Waals surface area contributed by atoms with E-state index in [1.54, 1.807) is 12.1 Å². The minimum atomic E-state index is -0.175. The van der Waals surface area contributed by atoms with E-state index in [4.69, 9.17) is 34.8 Å². The maximum Gasteiger partial charge on any atom is 0.241 e. The minimum Gasteiger partial charge on any atom is -0.302 e. The van der Waals surface area contributed by atoms with E-state index in [0.29, 0.717) is 15.1 Å². The van der Waals surface area contributed by atoms with Crippen molar-refractivity contribution >= 4 is 46.4 Å². The first-order valence-corrected chi connectivity index (χ1v) is 13.0. The van der Waals surface area contributed by atoms with Crippen molar-refractivity contribution in [3.8, 4) is 11.1 Å². The lowest BCUT2D eigenvalue weighted by atomic mass is 9.98. The fourth-order valence-electron chi connectivity index (χ4n) is 4.59. The van der Waals surface area contributed by atoms with Gasteiger partial charge in [-0.2, -0.15) is 0 Å². The van der Waals surface area contributed by atoms with Gasteiger partial charge in [-0.05, 0) is 87.0 Å². The molecule has 0 N–H and O–H groups in total. The SMILES string of the molecule is CN(C)CC(=O)N(c1ccc(Cl)c(Cl)c1)C(CN1CCCC1)c1ccc(-c2cccc(Cl)c2)cc1. The van der Waals surface area contributed by atoms with Gasteiger partial charge in [0.1, 0.15) is 0 Å². The first-order chi connectivity index (χ1) is 16.8. The molecule has 3 aromatic rings. The average molecular weight is 531 g/mol. The lowest BCUT2D eigenvalue weighted by Crippen LogP contribution is -2.44. The highest BCUT2D eigenvalue weighted by Crippen LogP contribution is 2.34. The normalized spacial score (nSPS) is 14.9. The molecule has 1 aliphatic heterocycles. The quantitative estimate of drug-likeness (QED) is 0.312. The molecule has 0 spiro atoms. The van der Waals surface area contributed by atoms with Crippen molar-refractivity contribution in [3.05, 3.63) is 87.4 Å². The first-order valence-electron chi connectivity index (χ1n) is 11.8. The fraction of sp³-hybridized carbons (Fsp3) is 0.321. The Morgan fingerprint density at radius 1 is 0.886 bits per heavy atom. The number of carbonyl (C=O) groups excluding carboxylic acids is 1. The van der Waals surface area contributed by atoms with Gasteiger partial charge < -0.3 is 14.7 Å². The summed E-state index contributed by atoms with van der Waals surface area (Å²) in [6.45, 7) is 3.11. The molecule has 1 amide bonds. The van der Waals surface area contributed by atoms with Crippen molar-refractivity contribution in [2.45, 2.75) is 18.9 Å². The minimum absolute atomic E-state index is 0.0107. The second-order valence-corrected chi connectivity index (χ2v) is 10.5. The van der Waals surface area contributed by atoms with Crippen molar-refractivity contribution in [2.24, 2.45) is 0 Å². The average Bonchev–Trinajstić information content (AvgIpc) is 3.34. The van der Waals surface area contributed by atoms with Gasteiger partial charge >= 0.3 is 0 Å². The van der Waals surface area contributed by atoms with Gasteiger partial charge in [0, 0.05) is 17.3 Å². The molecule has 1 unspecified atom stereocenters. The van der Waals surface area contributed by atoms with Crippen LogP contribution < -0.4 is 4.90 Å². The Morgan fingerprint density at radius 2 is 1.60 bits per heavy atom. The number of rotatable bonds is 8. The molecular weight excluding hydrogens is 501 g/mol. The van der Waals surface area contributed by atoms with Crippen molar-refractivity contribution in [3.63, 3.8) is 0 Å². The number of halogens is 3. The van der Waals surface area contributed by atoms with E-state index in [1.807, 2.05) is 54.2 Å². The largest absolute Gasteiger partial charge is 0.302 e. The lowest BCUT2D eigenvalue weighted by Gasteiger charge is -2.36. The van der Waals surface area contributed by atoms with Crippen LogP contribution in [-0.4, -0.2) is 56.0 Å². The molecular formula is C28H30Cl3N3O. The van der Waals surface area contributed by atoms with Crippen LogP contribution in [0, 0.1) is 0 Å². The molecule has 3 aromatic carbocycles. The number of amides is 1. The summed E-state index contributed by atoms with van der Waals surface area (Å²) in [7, 11) is 3.81. The van der Waals surface area contributed by atoms with Crippen LogP contribution in [0.25, 0.3) is 11.1 Å². The summed E-state index contributed by atoms with van der Waals surface area (Å²) in [6, 6.07) is 21.5. The summed E-state index contributed by atoms with van der Waals surface area (Å²) in [5, 5.41) is 1.61. The summed E-state index contributed by atoms with van der Waals surface area (Å²) in [6.07, 6.45) is 2.36. The third kappa shape index (κ3) is 6.58. The molecule has 0 radical (unpaired) electrons. The molecule has 7 heteroatoms. The van der Waals surface area contributed by atoms with Gasteiger partial charge in [0.15, 0.2) is 0 Å². The summed E-state index contributed by atoms with van der Waals surface area (Å²) in [5.41, 5.74) is 3.96. The van der Waals surface area contributed by atoms with Crippen LogP contribution in [0.2, 0.25) is 15.1 Å². The highest BCUT2D eigenvalue weighted by molar-refractivity contribution is 6.42. The molecule has 4 rings (SSSR count). The molecule has 35 heavy (non-hydrogen) atoms. The van der Waals surface area contributed by atoms with Gasteiger partial charge in [0.25, 0.3) is 0 Å². The van der Waals surface area contributed by atoms with Gasteiger partial charge in [-0.15, -0.1) is 0 Å². The van der Waals surface area contributed by atoms with Crippen LogP contribution in [0.1, 0.15) is 24.4 Å². The number of likely N-dealkylation sites (N-methyl/N-ethyl adjacent to an activating group) is 1. The zero-order chi connectivity index (χ0) is 24.9. The molecule has 1 atom stereocenters. The standard InChI is InChI=1S/C28H30Cl3N3O/c1-32(2)19-28(35)34(24-12-13-25(30)26(31)17-24)27(18-33-14-3-4-15-33)21-10-8-20(9-11-21)22-6-5-7-23(29)16-22/h5-13,16-17,27H,3-4,14-15,18-19H2,1-2H3. The molecule has 0 aromatic heterocycles. The van der Waals surface area contributed by atoms with E-state index in [9.17, 15) is 4.79 Å². The number of anilines is 1. The third-order valence-corrected chi connectivity index (χ3v) is 7.27. The van der Waals surface area contributed by atoms with E-state index in [-0.39, 0.29) is 18.5 Å². The maximum atomic E-state index is 13.6. The number of likely N-dealkylation sites (tertiary alicyclic amines) is 1. The molecule has 184 valence electrons. The predicted octanol–water partition coefficient (Wildman–Crippen LogP) is 7.05. The van der Waals surface area contributed by atoms with E-state index < -0.39 is 0 Å². The number of nitrogens with zero attached hydrogens (tertiary/aromatic N) is 3. The van der Waals surface area contributed by atoms with Gasteiger partial charge in [0.05, 0.1) is 22.6 Å². The topological polar surface area (TPSA) is 26.8 Å². The summed E-state index contributed by atoms with van der Waals surface area (Å²) >= 11 is 18.8. The first kappa shape index (κ1) is 26.0. The second-order valence-electron chi connectivity index (χ2n) is 9.26. The van der Waals surface area contributed by atoms with E-state index >= 15 is 0 Å². The van der Waals surface area contributed by atoms with Crippen LogP contribution in [0.3, 0.4) is 0 Å². The zero-order valence-corrected chi connectivity index (χ0v) is 22.3. The number of hydrogen-bond acceptors (Lipinski definition) is 3. The van der Waals surface area contributed by atoms with Crippen LogP contribution in [0.15, 0.2) is 66.7 Å². The van der Waals surface area contributed by atoms with Gasteiger partial charge in [0.2, 0.25) is 5.91 Å². The molecule has 0 bridgehead atoms. The predicted molar refractivity (Wildman–Crippen MR) is 148 cm³/mol. The van der Waals surface area contributed by atoms with E-state index in [0.717, 1.165) is 42.0 Å². The van der Waals surface area contributed by atoms with Crippen LogP contribution in [0.4, 0.5) is 5.69 Å². The molecule has 1 heterocycles. The van der Waals surface area contributed by atoms with Crippen LogP contribution in [0.5, 0.6) is 0 Å².